The Labute approximate surface area is 102 Å². The van der Waals surface area contributed by atoms with Gasteiger partial charge in [-0.3, -0.25) is 0 Å². The average molecular weight is 230 g/mol. The van der Waals surface area contributed by atoms with E-state index >= 15 is 0 Å². The summed E-state index contributed by atoms with van der Waals surface area (Å²) in [6.07, 6.45) is 2.44. The van der Waals surface area contributed by atoms with Crippen molar-refractivity contribution < 1.29 is 9.52 Å². The van der Waals surface area contributed by atoms with Gasteiger partial charge in [-0.2, -0.15) is 0 Å². The van der Waals surface area contributed by atoms with Gasteiger partial charge in [-0.05, 0) is 31.9 Å². The largest absolute Gasteiger partial charge is 0.461 e. The molecular weight excluding hydrogens is 212 g/mol. The summed E-state index contributed by atoms with van der Waals surface area (Å²) < 4.78 is 5.77. The van der Waals surface area contributed by atoms with Crippen molar-refractivity contribution in [1.29, 1.82) is 0 Å². The van der Waals surface area contributed by atoms with Gasteiger partial charge in [0, 0.05) is 12.0 Å². The second-order valence-electron chi connectivity index (χ2n) is 4.37. The van der Waals surface area contributed by atoms with Crippen molar-refractivity contribution in [3.05, 3.63) is 48.2 Å². The summed E-state index contributed by atoms with van der Waals surface area (Å²) in [5, 5.41) is 9.18. The molecule has 0 fully saturated rings. The highest BCUT2D eigenvalue weighted by atomic mass is 16.3. The minimum Gasteiger partial charge on any atom is -0.461 e. The quantitative estimate of drug-likeness (QED) is 0.850. The third-order valence-electron chi connectivity index (χ3n) is 2.77. The fourth-order valence-electron chi connectivity index (χ4n) is 1.84. The monoisotopic (exact) mass is 230 g/mol. The van der Waals surface area contributed by atoms with E-state index in [2.05, 4.69) is 0 Å². The minimum absolute atomic E-state index is 0.224. The summed E-state index contributed by atoms with van der Waals surface area (Å²) in [7, 11) is 0. The lowest BCUT2D eigenvalue weighted by Crippen LogP contribution is -1.99. The van der Waals surface area contributed by atoms with Gasteiger partial charge < -0.3 is 9.52 Å². The lowest BCUT2D eigenvalue weighted by atomic mass is 10.1. The van der Waals surface area contributed by atoms with Crippen LogP contribution in [0.25, 0.3) is 11.3 Å². The molecule has 0 aliphatic carbocycles. The zero-order valence-corrected chi connectivity index (χ0v) is 10.1. The van der Waals surface area contributed by atoms with Crippen LogP contribution in [-0.4, -0.2) is 11.2 Å². The van der Waals surface area contributed by atoms with E-state index in [-0.39, 0.29) is 6.10 Å². The standard InChI is InChI=1S/C15H18O2/c1-12(16)6-5-9-14-10-11-15(17-14)13-7-3-2-4-8-13/h2-4,7-8,10-12,16H,5-6,9H2,1H3. The van der Waals surface area contributed by atoms with Crippen LogP contribution in [0.2, 0.25) is 0 Å². The smallest absolute Gasteiger partial charge is 0.134 e. The molecule has 2 rings (SSSR count). The molecule has 2 aromatic rings. The van der Waals surface area contributed by atoms with Crippen molar-refractivity contribution in [1.82, 2.24) is 0 Å². The Bertz CT molecular complexity index is 443. The molecule has 0 aliphatic rings. The van der Waals surface area contributed by atoms with Crippen LogP contribution in [0, 0.1) is 0 Å². The first-order valence-electron chi connectivity index (χ1n) is 6.08. The predicted molar refractivity (Wildman–Crippen MR) is 68.8 cm³/mol. The van der Waals surface area contributed by atoms with E-state index in [1.54, 1.807) is 0 Å². The molecule has 1 heterocycles. The van der Waals surface area contributed by atoms with Crippen LogP contribution < -0.4 is 0 Å². The van der Waals surface area contributed by atoms with Gasteiger partial charge in [0.25, 0.3) is 0 Å². The first-order chi connectivity index (χ1) is 8.25. The average Bonchev–Trinajstić information content (AvgIpc) is 2.78. The topological polar surface area (TPSA) is 33.4 Å². The third kappa shape index (κ3) is 3.46. The molecule has 1 aromatic heterocycles. The predicted octanol–water partition coefficient (Wildman–Crippen LogP) is 3.65. The Morgan fingerprint density at radius 1 is 1.12 bits per heavy atom. The van der Waals surface area contributed by atoms with Gasteiger partial charge in [0.2, 0.25) is 0 Å². The van der Waals surface area contributed by atoms with Gasteiger partial charge in [0.1, 0.15) is 11.5 Å². The van der Waals surface area contributed by atoms with Gasteiger partial charge in [-0.15, -0.1) is 0 Å². The number of aryl methyl sites for hydroxylation is 1. The van der Waals surface area contributed by atoms with Gasteiger partial charge >= 0.3 is 0 Å². The summed E-state index contributed by atoms with van der Waals surface area (Å²) in [5.41, 5.74) is 1.11. The van der Waals surface area contributed by atoms with Crippen molar-refractivity contribution >= 4 is 0 Å². The van der Waals surface area contributed by atoms with Crippen LogP contribution >= 0.6 is 0 Å². The Morgan fingerprint density at radius 3 is 2.59 bits per heavy atom. The Hall–Kier alpha value is -1.54. The number of rotatable bonds is 5. The fraction of sp³-hybridized carbons (Fsp3) is 0.333. The molecule has 0 radical (unpaired) electrons. The number of hydrogen-bond acceptors (Lipinski definition) is 2. The Balaban J connectivity index is 1.97. The lowest BCUT2D eigenvalue weighted by molar-refractivity contribution is 0.181. The van der Waals surface area contributed by atoms with Crippen molar-refractivity contribution in [3.63, 3.8) is 0 Å². The first kappa shape index (κ1) is 11.9. The Morgan fingerprint density at radius 2 is 1.88 bits per heavy atom. The van der Waals surface area contributed by atoms with Crippen LogP contribution in [-0.2, 0) is 6.42 Å². The van der Waals surface area contributed by atoms with Crippen molar-refractivity contribution in [2.75, 3.05) is 0 Å². The zero-order valence-electron chi connectivity index (χ0n) is 10.1. The van der Waals surface area contributed by atoms with E-state index in [4.69, 9.17) is 4.42 Å². The second kappa shape index (κ2) is 5.69. The maximum Gasteiger partial charge on any atom is 0.134 e. The maximum absolute atomic E-state index is 9.18. The highest BCUT2D eigenvalue weighted by Crippen LogP contribution is 2.22. The molecule has 0 amide bonds. The summed E-state index contributed by atoms with van der Waals surface area (Å²) in [4.78, 5) is 0. The molecule has 17 heavy (non-hydrogen) atoms. The van der Waals surface area contributed by atoms with Gasteiger partial charge in [-0.25, -0.2) is 0 Å². The molecule has 1 atom stereocenters. The van der Waals surface area contributed by atoms with E-state index < -0.39 is 0 Å². The van der Waals surface area contributed by atoms with Crippen LogP contribution in [0.5, 0.6) is 0 Å². The molecule has 0 aliphatic heterocycles. The maximum atomic E-state index is 9.18. The van der Waals surface area contributed by atoms with E-state index in [1.807, 2.05) is 49.4 Å². The molecule has 90 valence electrons. The van der Waals surface area contributed by atoms with Crippen LogP contribution in [0.15, 0.2) is 46.9 Å². The number of aliphatic hydroxyl groups is 1. The molecule has 2 heteroatoms. The highest BCUT2D eigenvalue weighted by molar-refractivity contribution is 5.57. The fourth-order valence-corrected chi connectivity index (χ4v) is 1.84. The SMILES string of the molecule is CC(O)CCCc1ccc(-c2ccccc2)o1. The van der Waals surface area contributed by atoms with E-state index in [1.165, 1.54) is 0 Å². The van der Waals surface area contributed by atoms with Crippen LogP contribution in [0.3, 0.4) is 0 Å². The summed E-state index contributed by atoms with van der Waals surface area (Å²) in [6.45, 7) is 1.82. The summed E-state index contributed by atoms with van der Waals surface area (Å²) in [5.74, 6) is 1.90. The summed E-state index contributed by atoms with van der Waals surface area (Å²) >= 11 is 0. The van der Waals surface area contributed by atoms with E-state index in [9.17, 15) is 5.11 Å². The van der Waals surface area contributed by atoms with Gasteiger partial charge in [0.05, 0.1) is 6.10 Å². The van der Waals surface area contributed by atoms with Crippen LogP contribution in [0.1, 0.15) is 25.5 Å². The molecule has 1 N–H and O–H groups in total. The Kier molecular flexibility index (Phi) is 3.99. The van der Waals surface area contributed by atoms with E-state index in [0.29, 0.717) is 0 Å². The molecule has 2 nitrogen and oxygen atoms in total. The van der Waals surface area contributed by atoms with E-state index in [0.717, 1.165) is 36.3 Å². The highest BCUT2D eigenvalue weighted by Gasteiger charge is 2.04. The lowest BCUT2D eigenvalue weighted by Gasteiger charge is -2.01. The third-order valence-corrected chi connectivity index (χ3v) is 2.77. The molecule has 0 saturated heterocycles. The number of aliphatic hydroxyl groups excluding tert-OH is 1. The van der Waals surface area contributed by atoms with Crippen LogP contribution in [0.4, 0.5) is 0 Å². The van der Waals surface area contributed by atoms with Crippen molar-refractivity contribution in [2.24, 2.45) is 0 Å². The second-order valence-corrected chi connectivity index (χ2v) is 4.37. The molecule has 1 unspecified atom stereocenters. The summed E-state index contributed by atoms with van der Waals surface area (Å²) in [6, 6.07) is 14.1. The minimum atomic E-state index is -0.224. The normalized spacial score (nSPS) is 12.6. The van der Waals surface area contributed by atoms with Gasteiger partial charge in [0.15, 0.2) is 0 Å². The van der Waals surface area contributed by atoms with Crippen molar-refractivity contribution in [2.45, 2.75) is 32.3 Å². The molecule has 0 bridgehead atoms. The first-order valence-corrected chi connectivity index (χ1v) is 6.08. The molecule has 0 saturated carbocycles. The number of benzene rings is 1. The molecule has 1 aromatic carbocycles. The van der Waals surface area contributed by atoms with Crippen molar-refractivity contribution in [3.8, 4) is 11.3 Å². The molecule has 0 spiro atoms. The number of furan rings is 1. The molecular formula is C15H18O2. The van der Waals surface area contributed by atoms with Gasteiger partial charge in [-0.1, -0.05) is 30.3 Å². The number of hydrogen-bond donors (Lipinski definition) is 1. The zero-order chi connectivity index (χ0) is 12.1.